The first kappa shape index (κ1) is 11.2. The summed E-state index contributed by atoms with van der Waals surface area (Å²) in [5.74, 6) is 0.952. The van der Waals surface area contributed by atoms with E-state index < -0.39 is 0 Å². The van der Waals surface area contributed by atoms with Crippen molar-refractivity contribution >= 4 is 43.2 Å². The summed E-state index contributed by atoms with van der Waals surface area (Å²) in [5, 5.41) is 2.16. The Hall–Kier alpha value is 0.660. The number of hydrogen-bond acceptors (Lipinski definition) is 1. The van der Waals surface area contributed by atoms with E-state index in [1.807, 2.05) is 11.3 Å². The van der Waals surface area contributed by atoms with Gasteiger partial charge in [0.1, 0.15) is 0 Å². The summed E-state index contributed by atoms with van der Waals surface area (Å²) in [7, 11) is 0. The summed E-state index contributed by atoms with van der Waals surface area (Å²) < 4.78 is 1.27. The van der Waals surface area contributed by atoms with Crippen LogP contribution in [0.15, 0.2) is 15.9 Å². The van der Waals surface area contributed by atoms with Gasteiger partial charge in [0.15, 0.2) is 0 Å². The van der Waals surface area contributed by atoms with E-state index in [2.05, 4.69) is 43.3 Å². The van der Waals surface area contributed by atoms with Gasteiger partial charge in [0.25, 0.3) is 0 Å². The van der Waals surface area contributed by atoms with Crippen LogP contribution in [0, 0.1) is 5.92 Å². The molecule has 14 heavy (non-hydrogen) atoms. The van der Waals surface area contributed by atoms with Crippen LogP contribution in [-0.4, -0.2) is 0 Å². The van der Waals surface area contributed by atoms with Gasteiger partial charge < -0.3 is 0 Å². The number of hydrogen-bond donors (Lipinski definition) is 0. The van der Waals surface area contributed by atoms with Crippen molar-refractivity contribution in [2.75, 3.05) is 0 Å². The van der Waals surface area contributed by atoms with E-state index >= 15 is 0 Å². The Morgan fingerprint density at radius 1 is 1.43 bits per heavy atom. The fourth-order valence-corrected chi connectivity index (χ4v) is 5.22. The zero-order chi connectivity index (χ0) is 9.97. The van der Waals surface area contributed by atoms with E-state index in [-0.39, 0.29) is 0 Å². The number of rotatable bonds is 3. The smallest absolute Gasteiger partial charge is 0.0503 e. The number of thiophene rings is 1. The molecule has 1 heterocycles. The van der Waals surface area contributed by atoms with Crippen molar-refractivity contribution in [3.8, 4) is 0 Å². The van der Waals surface area contributed by atoms with Gasteiger partial charge in [-0.2, -0.15) is 0 Å². The van der Waals surface area contributed by atoms with Gasteiger partial charge in [-0.25, -0.2) is 0 Å². The van der Waals surface area contributed by atoms with Crippen molar-refractivity contribution in [3.63, 3.8) is 0 Å². The molecular weight excluding hydrogens is 324 g/mol. The normalized spacial score (nSPS) is 20.1. The standard InChI is InChI=1S/C11H14Br2S/c12-9-5-6-14-11(9)10(13)7-8-3-1-2-4-8/h5-6,8,10H,1-4,7H2. The highest BCUT2D eigenvalue weighted by Gasteiger charge is 2.21. The Balaban J connectivity index is 1.95. The van der Waals surface area contributed by atoms with Gasteiger partial charge in [0.2, 0.25) is 0 Å². The fraction of sp³-hybridized carbons (Fsp3) is 0.636. The highest BCUT2D eigenvalue weighted by Crippen LogP contribution is 2.41. The number of halogens is 2. The molecule has 1 aliphatic carbocycles. The van der Waals surface area contributed by atoms with Crippen LogP contribution in [0.5, 0.6) is 0 Å². The van der Waals surface area contributed by atoms with Crippen molar-refractivity contribution in [1.82, 2.24) is 0 Å². The average molecular weight is 338 g/mol. The van der Waals surface area contributed by atoms with Crippen molar-refractivity contribution < 1.29 is 0 Å². The molecule has 0 saturated heterocycles. The van der Waals surface area contributed by atoms with E-state index in [1.165, 1.54) is 41.5 Å². The molecule has 2 rings (SSSR count). The van der Waals surface area contributed by atoms with Crippen LogP contribution in [0.4, 0.5) is 0 Å². The summed E-state index contributed by atoms with van der Waals surface area (Å²) in [6.45, 7) is 0. The monoisotopic (exact) mass is 336 g/mol. The summed E-state index contributed by atoms with van der Waals surface area (Å²) in [4.78, 5) is 2.01. The molecule has 0 nitrogen and oxygen atoms in total. The van der Waals surface area contributed by atoms with Gasteiger partial charge in [0.05, 0.1) is 4.83 Å². The van der Waals surface area contributed by atoms with Crippen molar-refractivity contribution in [3.05, 3.63) is 20.8 Å². The third-order valence-corrected chi connectivity index (χ3v) is 6.06. The maximum atomic E-state index is 3.81. The van der Waals surface area contributed by atoms with E-state index in [1.54, 1.807) is 0 Å². The zero-order valence-corrected chi connectivity index (χ0v) is 12.0. The summed E-state index contributed by atoms with van der Waals surface area (Å²) >= 11 is 9.25. The lowest BCUT2D eigenvalue weighted by Crippen LogP contribution is -1.98. The minimum absolute atomic E-state index is 0.556. The summed E-state index contributed by atoms with van der Waals surface area (Å²) in [6.07, 6.45) is 7.06. The molecule has 1 aliphatic rings. The van der Waals surface area contributed by atoms with Gasteiger partial charge in [-0.05, 0) is 39.7 Å². The minimum Gasteiger partial charge on any atom is -0.147 e. The molecule has 1 aromatic heterocycles. The third kappa shape index (κ3) is 2.61. The van der Waals surface area contributed by atoms with E-state index in [0.717, 1.165) is 5.92 Å². The van der Waals surface area contributed by atoms with E-state index in [4.69, 9.17) is 0 Å². The predicted octanol–water partition coefficient (Wildman–Crippen LogP) is 5.53. The maximum Gasteiger partial charge on any atom is 0.0503 e. The molecule has 0 amide bonds. The molecule has 1 aromatic rings. The highest BCUT2D eigenvalue weighted by atomic mass is 79.9. The van der Waals surface area contributed by atoms with Gasteiger partial charge >= 0.3 is 0 Å². The molecule has 0 radical (unpaired) electrons. The molecule has 0 aliphatic heterocycles. The fourth-order valence-electron chi connectivity index (χ4n) is 2.17. The first-order chi connectivity index (χ1) is 6.77. The molecule has 78 valence electrons. The Bertz CT molecular complexity index is 289. The summed E-state index contributed by atoms with van der Waals surface area (Å²) in [6, 6.07) is 2.14. The minimum atomic E-state index is 0.556. The zero-order valence-electron chi connectivity index (χ0n) is 8.01. The van der Waals surface area contributed by atoms with Crippen LogP contribution < -0.4 is 0 Å². The van der Waals surface area contributed by atoms with E-state index in [9.17, 15) is 0 Å². The Kier molecular flexibility index (Phi) is 4.09. The van der Waals surface area contributed by atoms with Crippen LogP contribution in [0.1, 0.15) is 41.8 Å². The van der Waals surface area contributed by atoms with Crippen LogP contribution in [0.2, 0.25) is 0 Å². The van der Waals surface area contributed by atoms with Gasteiger partial charge in [-0.3, -0.25) is 0 Å². The van der Waals surface area contributed by atoms with Crippen LogP contribution >= 0.6 is 43.2 Å². The van der Waals surface area contributed by atoms with Gasteiger partial charge in [-0.1, -0.05) is 41.6 Å². The molecule has 1 unspecified atom stereocenters. The Morgan fingerprint density at radius 3 is 2.71 bits per heavy atom. The highest BCUT2D eigenvalue weighted by molar-refractivity contribution is 9.11. The van der Waals surface area contributed by atoms with Crippen LogP contribution in [0.3, 0.4) is 0 Å². The van der Waals surface area contributed by atoms with Gasteiger partial charge in [0, 0.05) is 9.35 Å². The van der Waals surface area contributed by atoms with E-state index in [0.29, 0.717) is 4.83 Å². The van der Waals surface area contributed by atoms with Crippen molar-refractivity contribution in [1.29, 1.82) is 0 Å². The lowest BCUT2D eigenvalue weighted by Gasteiger charge is -2.13. The lowest BCUT2D eigenvalue weighted by molar-refractivity contribution is 0.503. The largest absolute Gasteiger partial charge is 0.147 e. The van der Waals surface area contributed by atoms with Crippen LogP contribution in [0.25, 0.3) is 0 Å². The van der Waals surface area contributed by atoms with Crippen LogP contribution in [-0.2, 0) is 0 Å². The van der Waals surface area contributed by atoms with Gasteiger partial charge in [-0.15, -0.1) is 11.3 Å². The topological polar surface area (TPSA) is 0 Å². The molecule has 3 heteroatoms. The molecule has 0 spiro atoms. The Morgan fingerprint density at radius 2 is 2.14 bits per heavy atom. The average Bonchev–Trinajstić information content (AvgIpc) is 2.75. The molecule has 0 N–H and O–H groups in total. The second kappa shape index (κ2) is 5.13. The molecule has 1 fully saturated rings. The first-order valence-corrected chi connectivity index (χ1v) is 7.73. The Labute approximate surface area is 106 Å². The second-order valence-electron chi connectivity index (χ2n) is 3.99. The molecule has 0 aromatic carbocycles. The third-order valence-electron chi connectivity index (χ3n) is 2.94. The lowest BCUT2D eigenvalue weighted by atomic mass is 10.0. The molecule has 1 atom stereocenters. The predicted molar refractivity (Wildman–Crippen MR) is 70.3 cm³/mol. The van der Waals surface area contributed by atoms with Crippen molar-refractivity contribution in [2.24, 2.45) is 5.92 Å². The quantitative estimate of drug-likeness (QED) is 0.636. The molecular formula is C11H14Br2S. The first-order valence-electron chi connectivity index (χ1n) is 5.14. The molecule has 0 bridgehead atoms. The molecule has 1 saturated carbocycles. The second-order valence-corrected chi connectivity index (χ2v) is 6.89. The maximum absolute atomic E-state index is 3.81. The SMILES string of the molecule is Brc1ccsc1C(Br)CC1CCCC1. The van der Waals surface area contributed by atoms with Crippen molar-refractivity contribution in [2.45, 2.75) is 36.9 Å². The summed E-state index contributed by atoms with van der Waals surface area (Å²) in [5.41, 5.74) is 0. The number of alkyl halides is 1.